The number of nitrogens with zero attached hydrogens (tertiary/aromatic N) is 1. The van der Waals surface area contributed by atoms with Gasteiger partial charge >= 0.3 is 0 Å². The number of amides is 1. The van der Waals surface area contributed by atoms with E-state index in [0.717, 1.165) is 19.4 Å². The van der Waals surface area contributed by atoms with Crippen LogP contribution in [-0.4, -0.2) is 35.7 Å². The van der Waals surface area contributed by atoms with Gasteiger partial charge < -0.3 is 10.6 Å². The molecule has 128 valence electrons. The first-order chi connectivity index (χ1) is 10.5. The molecular formula is C17H24ClFN2O2. The number of hydrogen-bond acceptors (Lipinski definition) is 3. The maximum Gasteiger partial charge on any atom is 0.223 e. The van der Waals surface area contributed by atoms with Crippen molar-refractivity contribution in [3.8, 4) is 0 Å². The summed E-state index contributed by atoms with van der Waals surface area (Å²) in [6, 6.07) is 5.50. The highest BCUT2D eigenvalue weighted by Crippen LogP contribution is 2.20. The molecular weight excluding hydrogens is 319 g/mol. The highest BCUT2D eigenvalue weighted by Gasteiger charge is 2.25. The number of carbonyl (C=O) groups is 2. The fourth-order valence-electron chi connectivity index (χ4n) is 2.82. The van der Waals surface area contributed by atoms with Gasteiger partial charge in [-0.1, -0.05) is 0 Å². The summed E-state index contributed by atoms with van der Waals surface area (Å²) in [6.07, 6.45) is 2.37. The molecule has 0 aromatic heterocycles. The van der Waals surface area contributed by atoms with Crippen molar-refractivity contribution >= 4 is 24.1 Å². The number of benzene rings is 1. The van der Waals surface area contributed by atoms with Crippen molar-refractivity contribution in [1.82, 2.24) is 4.90 Å². The monoisotopic (exact) mass is 342 g/mol. The molecule has 4 nitrogen and oxygen atoms in total. The van der Waals surface area contributed by atoms with Crippen molar-refractivity contribution in [3.63, 3.8) is 0 Å². The first-order valence-electron chi connectivity index (χ1n) is 7.79. The molecule has 23 heavy (non-hydrogen) atoms. The molecule has 1 fully saturated rings. The van der Waals surface area contributed by atoms with E-state index in [1.165, 1.54) is 24.3 Å². The van der Waals surface area contributed by atoms with Gasteiger partial charge in [0.25, 0.3) is 0 Å². The summed E-state index contributed by atoms with van der Waals surface area (Å²) >= 11 is 0. The Kier molecular flexibility index (Phi) is 7.65. The zero-order valence-corrected chi connectivity index (χ0v) is 14.2. The number of rotatable bonds is 5. The molecule has 0 bridgehead atoms. The van der Waals surface area contributed by atoms with E-state index < -0.39 is 0 Å². The van der Waals surface area contributed by atoms with Crippen LogP contribution in [0.5, 0.6) is 0 Å². The maximum atomic E-state index is 12.8. The second-order valence-electron chi connectivity index (χ2n) is 6.03. The predicted octanol–water partition coefficient (Wildman–Crippen LogP) is 2.80. The molecule has 1 aliphatic rings. The molecule has 0 saturated carbocycles. The molecule has 0 aliphatic carbocycles. The van der Waals surface area contributed by atoms with Crippen molar-refractivity contribution in [2.45, 2.75) is 38.6 Å². The Bertz CT molecular complexity index is 534. The van der Waals surface area contributed by atoms with Crippen LogP contribution in [0, 0.1) is 11.7 Å². The van der Waals surface area contributed by atoms with Crippen molar-refractivity contribution in [2.24, 2.45) is 11.7 Å². The Balaban J connectivity index is 0.00000264. The number of carbonyl (C=O) groups excluding carboxylic acids is 2. The summed E-state index contributed by atoms with van der Waals surface area (Å²) in [5, 5.41) is 0. The molecule has 1 aromatic carbocycles. The minimum Gasteiger partial charge on any atom is -0.342 e. The second kappa shape index (κ2) is 8.99. The van der Waals surface area contributed by atoms with Crippen molar-refractivity contribution in [2.75, 3.05) is 13.1 Å². The number of nitrogens with two attached hydrogens (primary N) is 1. The molecule has 2 unspecified atom stereocenters. The smallest absolute Gasteiger partial charge is 0.223 e. The van der Waals surface area contributed by atoms with Crippen LogP contribution in [0.3, 0.4) is 0 Å². The SMILES string of the molecule is CC(N)C1CCCN(C(=O)CCC(=O)c2ccc(F)cc2)C1.Cl. The predicted molar refractivity (Wildman–Crippen MR) is 90.2 cm³/mol. The number of ketones is 1. The second-order valence-corrected chi connectivity index (χ2v) is 6.03. The van der Waals surface area contributed by atoms with Crippen LogP contribution in [0.4, 0.5) is 4.39 Å². The van der Waals surface area contributed by atoms with E-state index in [0.29, 0.717) is 18.0 Å². The van der Waals surface area contributed by atoms with E-state index in [9.17, 15) is 14.0 Å². The van der Waals surface area contributed by atoms with Gasteiger partial charge in [-0.15, -0.1) is 12.4 Å². The molecule has 1 amide bonds. The fraction of sp³-hybridized carbons (Fsp3) is 0.529. The summed E-state index contributed by atoms with van der Waals surface area (Å²) in [7, 11) is 0. The number of hydrogen-bond donors (Lipinski definition) is 1. The zero-order chi connectivity index (χ0) is 16.1. The van der Waals surface area contributed by atoms with E-state index in [1.54, 1.807) is 0 Å². The van der Waals surface area contributed by atoms with Gasteiger partial charge in [-0.05, 0) is 49.9 Å². The number of piperidine rings is 1. The summed E-state index contributed by atoms with van der Waals surface area (Å²) in [6.45, 7) is 3.39. The average Bonchev–Trinajstić information content (AvgIpc) is 2.53. The van der Waals surface area contributed by atoms with Crippen LogP contribution in [-0.2, 0) is 4.79 Å². The summed E-state index contributed by atoms with van der Waals surface area (Å²) in [4.78, 5) is 26.0. The molecule has 1 aromatic rings. The van der Waals surface area contributed by atoms with Gasteiger partial charge in [0.1, 0.15) is 5.82 Å². The van der Waals surface area contributed by atoms with E-state index in [4.69, 9.17) is 5.73 Å². The number of halogens is 2. The standard InChI is InChI=1S/C17H23FN2O2.ClH/c1-12(19)14-3-2-10-20(11-14)17(22)9-8-16(21)13-4-6-15(18)7-5-13;/h4-7,12,14H,2-3,8-11,19H2,1H3;1H. The number of Topliss-reactive ketones (excluding diaryl/α,β-unsaturated/α-hetero) is 1. The van der Waals surface area contributed by atoms with Crippen LogP contribution in [0.2, 0.25) is 0 Å². The molecule has 2 rings (SSSR count). The lowest BCUT2D eigenvalue weighted by molar-refractivity contribution is -0.133. The minimum absolute atomic E-state index is 0. The van der Waals surface area contributed by atoms with Crippen molar-refractivity contribution < 1.29 is 14.0 Å². The molecule has 1 aliphatic heterocycles. The Hall–Kier alpha value is -1.46. The zero-order valence-electron chi connectivity index (χ0n) is 13.3. The third-order valence-electron chi connectivity index (χ3n) is 4.29. The van der Waals surface area contributed by atoms with Crippen LogP contribution in [0.1, 0.15) is 43.0 Å². The van der Waals surface area contributed by atoms with Gasteiger partial charge in [0.2, 0.25) is 5.91 Å². The third-order valence-corrected chi connectivity index (χ3v) is 4.29. The third kappa shape index (κ3) is 5.59. The normalized spacial score (nSPS) is 18.9. The summed E-state index contributed by atoms with van der Waals surface area (Å²) in [5.41, 5.74) is 6.36. The van der Waals surface area contributed by atoms with Gasteiger partial charge in [0.05, 0.1) is 0 Å². The van der Waals surface area contributed by atoms with Crippen LogP contribution < -0.4 is 5.73 Å². The summed E-state index contributed by atoms with van der Waals surface area (Å²) < 4.78 is 12.8. The molecule has 0 spiro atoms. The van der Waals surface area contributed by atoms with Gasteiger partial charge in [-0.25, -0.2) is 4.39 Å². The summed E-state index contributed by atoms with van der Waals surface area (Å²) in [5.74, 6) is -0.164. The first-order valence-corrected chi connectivity index (χ1v) is 7.79. The maximum absolute atomic E-state index is 12.8. The van der Waals surface area contributed by atoms with E-state index in [1.807, 2.05) is 11.8 Å². The highest BCUT2D eigenvalue weighted by atomic mass is 35.5. The Morgan fingerprint density at radius 1 is 1.30 bits per heavy atom. The Morgan fingerprint density at radius 3 is 2.57 bits per heavy atom. The van der Waals surface area contributed by atoms with Crippen LogP contribution in [0.25, 0.3) is 0 Å². The van der Waals surface area contributed by atoms with Crippen molar-refractivity contribution in [1.29, 1.82) is 0 Å². The highest BCUT2D eigenvalue weighted by molar-refractivity contribution is 5.97. The molecule has 6 heteroatoms. The lowest BCUT2D eigenvalue weighted by Gasteiger charge is -2.34. The Labute approximate surface area is 142 Å². The first kappa shape index (κ1) is 19.6. The molecule has 2 N–H and O–H groups in total. The fourth-order valence-corrected chi connectivity index (χ4v) is 2.82. The van der Waals surface area contributed by atoms with E-state index in [2.05, 4.69) is 0 Å². The lowest BCUT2D eigenvalue weighted by Crippen LogP contribution is -2.45. The van der Waals surface area contributed by atoms with Crippen molar-refractivity contribution in [3.05, 3.63) is 35.6 Å². The Morgan fingerprint density at radius 2 is 1.96 bits per heavy atom. The van der Waals surface area contributed by atoms with E-state index >= 15 is 0 Å². The van der Waals surface area contributed by atoms with E-state index in [-0.39, 0.29) is 48.8 Å². The van der Waals surface area contributed by atoms with Crippen LogP contribution >= 0.6 is 12.4 Å². The van der Waals surface area contributed by atoms with Gasteiger partial charge in [0.15, 0.2) is 5.78 Å². The largest absolute Gasteiger partial charge is 0.342 e. The molecule has 0 radical (unpaired) electrons. The topological polar surface area (TPSA) is 63.4 Å². The molecule has 1 saturated heterocycles. The average molecular weight is 343 g/mol. The van der Waals surface area contributed by atoms with Crippen LogP contribution in [0.15, 0.2) is 24.3 Å². The molecule has 2 atom stereocenters. The quantitative estimate of drug-likeness (QED) is 0.837. The minimum atomic E-state index is -0.372. The van der Waals surface area contributed by atoms with Gasteiger partial charge in [-0.2, -0.15) is 0 Å². The lowest BCUT2D eigenvalue weighted by atomic mass is 9.92. The molecule has 1 heterocycles. The van der Waals surface area contributed by atoms with Gasteiger partial charge in [0, 0.05) is 37.5 Å². The number of likely N-dealkylation sites (tertiary alicyclic amines) is 1. The van der Waals surface area contributed by atoms with Gasteiger partial charge in [-0.3, -0.25) is 9.59 Å².